The SMILES string of the molecule is Cn1cc(-c2ccc3nc4n(c3c2)CCC4)cn1. The molecule has 1 aliphatic heterocycles. The Hall–Kier alpha value is -2.10. The van der Waals surface area contributed by atoms with Crippen LogP contribution in [-0.2, 0) is 20.0 Å². The van der Waals surface area contributed by atoms with Crippen LogP contribution < -0.4 is 0 Å². The maximum atomic E-state index is 4.68. The van der Waals surface area contributed by atoms with Crippen LogP contribution in [0.1, 0.15) is 12.2 Å². The highest BCUT2D eigenvalue weighted by Crippen LogP contribution is 2.27. The van der Waals surface area contributed by atoms with Crippen LogP contribution in [0, 0.1) is 0 Å². The Balaban J connectivity index is 1.93. The minimum Gasteiger partial charge on any atom is -0.328 e. The second-order valence-corrected chi connectivity index (χ2v) is 4.89. The summed E-state index contributed by atoms with van der Waals surface area (Å²) in [6, 6.07) is 6.47. The lowest BCUT2D eigenvalue weighted by Gasteiger charge is -2.01. The van der Waals surface area contributed by atoms with E-state index in [9.17, 15) is 0 Å². The first-order valence-electron chi connectivity index (χ1n) is 6.29. The predicted molar refractivity (Wildman–Crippen MR) is 70.3 cm³/mol. The monoisotopic (exact) mass is 238 g/mol. The van der Waals surface area contributed by atoms with Crippen LogP contribution >= 0.6 is 0 Å². The zero-order valence-corrected chi connectivity index (χ0v) is 10.3. The number of hydrogen-bond acceptors (Lipinski definition) is 2. The predicted octanol–water partition coefficient (Wildman–Crippen LogP) is 2.38. The third-order valence-electron chi connectivity index (χ3n) is 3.65. The van der Waals surface area contributed by atoms with Crippen molar-refractivity contribution in [3.05, 3.63) is 36.4 Å². The van der Waals surface area contributed by atoms with Crippen molar-refractivity contribution >= 4 is 11.0 Å². The van der Waals surface area contributed by atoms with Gasteiger partial charge in [-0.05, 0) is 24.1 Å². The Morgan fingerprint density at radius 2 is 2.17 bits per heavy atom. The molecule has 4 rings (SSSR count). The summed E-state index contributed by atoms with van der Waals surface area (Å²) in [5.74, 6) is 1.23. The van der Waals surface area contributed by atoms with Crippen LogP contribution in [0.4, 0.5) is 0 Å². The van der Waals surface area contributed by atoms with Gasteiger partial charge in [0.25, 0.3) is 0 Å². The molecule has 0 fully saturated rings. The molecule has 1 aromatic carbocycles. The smallest absolute Gasteiger partial charge is 0.109 e. The van der Waals surface area contributed by atoms with Gasteiger partial charge in [-0.2, -0.15) is 5.10 Å². The summed E-state index contributed by atoms with van der Waals surface area (Å²) in [5, 5.41) is 4.23. The van der Waals surface area contributed by atoms with Crippen LogP contribution in [0.25, 0.3) is 22.2 Å². The van der Waals surface area contributed by atoms with Crippen LogP contribution in [-0.4, -0.2) is 19.3 Å². The van der Waals surface area contributed by atoms with Crippen molar-refractivity contribution in [3.8, 4) is 11.1 Å². The summed E-state index contributed by atoms with van der Waals surface area (Å²) in [6.07, 6.45) is 6.27. The number of hydrogen-bond donors (Lipinski definition) is 0. The quantitative estimate of drug-likeness (QED) is 0.652. The summed E-state index contributed by atoms with van der Waals surface area (Å²) < 4.78 is 4.18. The van der Waals surface area contributed by atoms with E-state index in [0.29, 0.717) is 0 Å². The maximum absolute atomic E-state index is 4.68. The van der Waals surface area contributed by atoms with Crippen molar-refractivity contribution in [1.29, 1.82) is 0 Å². The molecule has 0 saturated carbocycles. The standard InChI is InChI=1S/C14H14N4/c1-17-9-11(8-15-17)10-4-5-12-13(7-10)18-6-2-3-14(18)16-12/h4-5,7-9H,2-3,6H2,1H3. The zero-order chi connectivity index (χ0) is 12.1. The molecule has 18 heavy (non-hydrogen) atoms. The molecule has 0 spiro atoms. The molecule has 90 valence electrons. The second kappa shape index (κ2) is 3.45. The average molecular weight is 238 g/mol. The molecule has 3 aromatic rings. The number of aromatic nitrogens is 4. The summed E-state index contributed by atoms with van der Waals surface area (Å²) in [5.41, 5.74) is 4.74. The first-order chi connectivity index (χ1) is 8.81. The van der Waals surface area contributed by atoms with E-state index in [1.165, 1.54) is 23.3 Å². The van der Waals surface area contributed by atoms with Crippen molar-refractivity contribution in [2.45, 2.75) is 19.4 Å². The Morgan fingerprint density at radius 1 is 1.22 bits per heavy atom. The molecule has 4 nitrogen and oxygen atoms in total. The first-order valence-corrected chi connectivity index (χ1v) is 6.29. The van der Waals surface area contributed by atoms with Crippen LogP contribution in [0.2, 0.25) is 0 Å². The van der Waals surface area contributed by atoms with Crippen molar-refractivity contribution in [2.24, 2.45) is 7.05 Å². The van der Waals surface area contributed by atoms with Crippen molar-refractivity contribution in [2.75, 3.05) is 0 Å². The highest BCUT2D eigenvalue weighted by Gasteiger charge is 2.16. The van der Waals surface area contributed by atoms with E-state index in [1.807, 2.05) is 24.1 Å². The largest absolute Gasteiger partial charge is 0.328 e. The van der Waals surface area contributed by atoms with Gasteiger partial charge in [0.05, 0.1) is 17.2 Å². The summed E-state index contributed by atoms with van der Waals surface area (Å²) in [7, 11) is 1.94. The molecule has 0 atom stereocenters. The number of benzene rings is 1. The topological polar surface area (TPSA) is 35.6 Å². The van der Waals surface area contributed by atoms with E-state index < -0.39 is 0 Å². The lowest BCUT2D eigenvalue weighted by Crippen LogP contribution is -1.91. The lowest BCUT2D eigenvalue weighted by atomic mass is 10.1. The molecule has 1 aliphatic rings. The second-order valence-electron chi connectivity index (χ2n) is 4.89. The van der Waals surface area contributed by atoms with E-state index in [2.05, 4.69) is 32.8 Å². The van der Waals surface area contributed by atoms with Gasteiger partial charge in [-0.3, -0.25) is 4.68 Å². The van der Waals surface area contributed by atoms with Gasteiger partial charge in [0.1, 0.15) is 5.82 Å². The average Bonchev–Trinajstić information content (AvgIpc) is 3.03. The Morgan fingerprint density at radius 3 is 3.00 bits per heavy atom. The van der Waals surface area contributed by atoms with Crippen LogP contribution in [0.5, 0.6) is 0 Å². The van der Waals surface area contributed by atoms with E-state index in [0.717, 1.165) is 24.0 Å². The fourth-order valence-electron chi connectivity index (χ4n) is 2.76. The number of imidazole rings is 1. The minimum absolute atomic E-state index is 1.10. The van der Waals surface area contributed by atoms with E-state index in [4.69, 9.17) is 0 Å². The molecule has 0 N–H and O–H groups in total. The lowest BCUT2D eigenvalue weighted by molar-refractivity contribution is 0.768. The van der Waals surface area contributed by atoms with Gasteiger partial charge in [0.2, 0.25) is 0 Å². The van der Waals surface area contributed by atoms with Gasteiger partial charge in [0.15, 0.2) is 0 Å². The van der Waals surface area contributed by atoms with Gasteiger partial charge >= 0.3 is 0 Å². The third kappa shape index (κ3) is 1.32. The van der Waals surface area contributed by atoms with Gasteiger partial charge in [-0.1, -0.05) is 6.07 Å². The molecule has 4 heteroatoms. The fraction of sp³-hybridized carbons (Fsp3) is 0.286. The van der Waals surface area contributed by atoms with Gasteiger partial charge < -0.3 is 4.57 Å². The number of aryl methyl sites for hydroxylation is 3. The summed E-state index contributed by atoms with van der Waals surface area (Å²) in [4.78, 5) is 4.68. The van der Waals surface area contributed by atoms with Crippen molar-refractivity contribution in [1.82, 2.24) is 19.3 Å². The molecule has 2 aromatic heterocycles. The van der Waals surface area contributed by atoms with E-state index in [-0.39, 0.29) is 0 Å². The van der Waals surface area contributed by atoms with E-state index in [1.54, 1.807) is 0 Å². The Kier molecular flexibility index (Phi) is 1.89. The number of nitrogens with zero attached hydrogens (tertiary/aromatic N) is 4. The van der Waals surface area contributed by atoms with Crippen molar-refractivity contribution < 1.29 is 0 Å². The molecular weight excluding hydrogens is 224 g/mol. The molecule has 0 radical (unpaired) electrons. The van der Waals surface area contributed by atoms with Gasteiger partial charge in [-0.15, -0.1) is 0 Å². The molecule has 0 amide bonds. The molecule has 0 aliphatic carbocycles. The normalized spacial score (nSPS) is 14.3. The van der Waals surface area contributed by atoms with E-state index >= 15 is 0 Å². The number of fused-ring (bicyclic) bond motifs is 3. The molecule has 0 bridgehead atoms. The molecular formula is C14H14N4. The third-order valence-corrected chi connectivity index (χ3v) is 3.65. The first kappa shape index (κ1) is 9.88. The molecule has 0 unspecified atom stereocenters. The fourth-order valence-corrected chi connectivity index (χ4v) is 2.76. The zero-order valence-electron chi connectivity index (χ0n) is 10.3. The minimum atomic E-state index is 1.10. The number of rotatable bonds is 1. The Labute approximate surface area is 105 Å². The maximum Gasteiger partial charge on any atom is 0.109 e. The van der Waals surface area contributed by atoms with Gasteiger partial charge in [-0.25, -0.2) is 4.98 Å². The van der Waals surface area contributed by atoms with Gasteiger partial charge in [0, 0.05) is 31.8 Å². The van der Waals surface area contributed by atoms with Crippen LogP contribution in [0.3, 0.4) is 0 Å². The highest BCUT2D eigenvalue weighted by atomic mass is 15.2. The van der Waals surface area contributed by atoms with Crippen molar-refractivity contribution in [3.63, 3.8) is 0 Å². The Bertz CT molecular complexity index is 735. The van der Waals surface area contributed by atoms with Crippen LogP contribution in [0.15, 0.2) is 30.6 Å². The molecule has 3 heterocycles. The highest BCUT2D eigenvalue weighted by molar-refractivity contribution is 5.82. The summed E-state index contributed by atoms with van der Waals surface area (Å²) >= 11 is 0. The summed E-state index contributed by atoms with van der Waals surface area (Å²) in [6.45, 7) is 1.10. The molecule has 0 saturated heterocycles.